The number of carboxylic acids is 1. The third-order valence-electron chi connectivity index (χ3n) is 3.24. The van der Waals surface area contributed by atoms with Crippen molar-refractivity contribution in [2.75, 3.05) is 11.9 Å². The molecule has 3 nitrogen and oxygen atoms in total. The zero-order valence-electron chi connectivity index (χ0n) is 12.3. The minimum absolute atomic E-state index is 0.302. The number of unbranched alkanes of at least 4 members (excludes halogenated alkanes) is 3. The molecule has 0 aliphatic carbocycles. The summed E-state index contributed by atoms with van der Waals surface area (Å²) < 4.78 is 0.803. The predicted octanol–water partition coefficient (Wildman–Crippen LogP) is 5.17. The van der Waals surface area contributed by atoms with Gasteiger partial charge in [0.2, 0.25) is 0 Å². The number of nitrogens with one attached hydrogen (secondary N) is 1. The third kappa shape index (κ3) is 6.42. The van der Waals surface area contributed by atoms with Gasteiger partial charge in [0.05, 0.1) is 5.56 Å². The number of hydrogen-bond donors (Lipinski definition) is 2. The second-order valence-corrected chi connectivity index (χ2v) is 6.38. The highest BCUT2D eigenvalue weighted by molar-refractivity contribution is 9.10. The third-order valence-corrected chi connectivity index (χ3v) is 3.90. The molecule has 1 aromatic rings. The van der Waals surface area contributed by atoms with E-state index in [1.54, 1.807) is 12.1 Å². The molecule has 0 atom stereocenters. The number of aromatic carboxylic acids is 1. The molecule has 0 heterocycles. The Morgan fingerprint density at radius 3 is 2.55 bits per heavy atom. The fourth-order valence-electron chi connectivity index (χ4n) is 2.05. The highest BCUT2D eigenvalue weighted by Gasteiger charge is 2.06. The van der Waals surface area contributed by atoms with Crippen LogP contribution in [0.25, 0.3) is 0 Å². The SMILES string of the molecule is CC(C)CCCCCCNc1ccc(C(=O)O)cc1Br. The lowest BCUT2D eigenvalue weighted by molar-refractivity contribution is 0.0697. The number of halogens is 1. The molecule has 20 heavy (non-hydrogen) atoms. The van der Waals surface area contributed by atoms with Crippen molar-refractivity contribution in [2.45, 2.75) is 46.0 Å². The van der Waals surface area contributed by atoms with Crippen LogP contribution in [0, 0.1) is 5.92 Å². The fraction of sp³-hybridized carbons (Fsp3) is 0.562. The molecule has 0 amide bonds. The number of carbonyl (C=O) groups is 1. The smallest absolute Gasteiger partial charge is 0.335 e. The van der Waals surface area contributed by atoms with Gasteiger partial charge < -0.3 is 10.4 Å². The molecule has 4 heteroatoms. The minimum atomic E-state index is -0.901. The first-order valence-corrected chi connectivity index (χ1v) is 8.06. The molecule has 0 fully saturated rings. The second-order valence-electron chi connectivity index (χ2n) is 5.52. The van der Waals surface area contributed by atoms with Crippen molar-refractivity contribution in [3.63, 3.8) is 0 Å². The number of rotatable bonds is 9. The van der Waals surface area contributed by atoms with Gasteiger partial charge in [0, 0.05) is 16.7 Å². The van der Waals surface area contributed by atoms with Gasteiger partial charge >= 0.3 is 5.97 Å². The topological polar surface area (TPSA) is 49.3 Å². The monoisotopic (exact) mass is 341 g/mol. The maximum absolute atomic E-state index is 10.8. The highest BCUT2D eigenvalue weighted by Crippen LogP contribution is 2.23. The van der Waals surface area contributed by atoms with Crippen LogP contribution >= 0.6 is 15.9 Å². The van der Waals surface area contributed by atoms with E-state index in [-0.39, 0.29) is 0 Å². The van der Waals surface area contributed by atoms with Crippen LogP contribution in [-0.4, -0.2) is 17.6 Å². The molecule has 0 bridgehead atoms. The molecule has 2 N–H and O–H groups in total. The molecular weight excluding hydrogens is 318 g/mol. The summed E-state index contributed by atoms with van der Waals surface area (Å²) in [5.74, 6) is -0.0979. The van der Waals surface area contributed by atoms with E-state index in [1.165, 1.54) is 25.7 Å². The summed E-state index contributed by atoms with van der Waals surface area (Å²) >= 11 is 3.40. The Labute approximate surface area is 129 Å². The Hall–Kier alpha value is -1.03. The molecule has 1 rings (SSSR count). The van der Waals surface area contributed by atoms with E-state index in [1.807, 2.05) is 6.07 Å². The van der Waals surface area contributed by atoms with Gasteiger partial charge in [-0.3, -0.25) is 0 Å². The summed E-state index contributed by atoms with van der Waals surface area (Å²) in [5.41, 5.74) is 1.26. The second kappa shape index (κ2) is 9.01. The lowest BCUT2D eigenvalue weighted by atomic mass is 10.0. The summed E-state index contributed by atoms with van der Waals surface area (Å²) in [7, 11) is 0. The molecule has 0 radical (unpaired) electrons. The Balaban J connectivity index is 2.24. The quantitative estimate of drug-likeness (QED) is 0.609. The largest absolute Gasteiger partial charge is 0.478 e. The van der Waals surface area contributed by atoms with Crippen molar-refractivity contribution < 1.29 is 9.90 Å². The van der Waals surface area contributed by atoms with Crippen LogP contribution in [0.1, 0.15) is 56.3 Å². The summed E-state index contributed by atoms with van der Waals surface area (Å²) in [4.78, 5) is 10.8. The van der Waals surface area contributed by atoms with E-state index in [9.17, 15) is 4.79 Å². The van der Waals surface area contributed by atoms with Crippen LogP contribution < -0.4 is 5.32 Å². The van der Waals surface area contributed by atoms with E-state index in [2.05, 4.69) is 35.1 Å². The van der Waals surface area contributed by atoms with Crippen LogP contribution in [0.4, 0.5) is 5.69 Å². The molecule has 1 aromatic carbocycles. The summed E-state index contributed by atoms with van der Waals surface area (Å²) in [6.07, 6.45) is 6.30. The van der Waals surface area contributed by atoms with Gasteiger partial charge in [0.15, 0.2) is 0 Å². The summed E-state index contributed by atoms with van der Waals surface area (Å²) in [6.45, 7) is 5.45. The van der Waals surface area contributed by atoms with Crippen LogP contribution in [0.15, 0.2) is 22.7 Å². The molecule has 0 spiro atoms. The van der Waals surface area contributed by atoms with Crippen molar-refractivity contribution in [3.05, 3.63) is 28.2 Å². The van der Waals surface area contributed by atoms with E-state index in [0.29, 0.717) is 5.56 Å². The molecule has 0 aliphatic rings. The first-order valence-electron chi connectivity index (χ1n) is 7.27. The van der Waals surface area contributed by atoms with Crippen LogP contribution in [-0.2, 0) is 0 Å². The van der Waals surface area contributed by atoms with Gasteiger partial charge in [-0.2, -0.15) is 0 Å². The van der Waals surface area contributed by atoms with Crippen LogP contribution in [0.5, 0.6) is 0 Å². The standard InChI is InChI=1S/C16H24BrNO2/c1-12(2)7-5-3-4-6-10-18-15-9-8-13(16(19)20)11-14(15)17/h8-9,11-12,18H,3-7,10H2,1-2H3,(H,19,20). The fourth-order valence-corrected chi connectivity index (χ4v) is 2.56. The minimum Gasteiger partial charge on any atom is -0.478 e. The number of carboxylic acid groups (broad SMARTS) is 1. The van der Waals surface area contributed by atoms with Crippen molar-refractivity contribution in [2.24, 2.45) is 5.92 Å². The zero-order valence-corrected chi connectivity index (χ0v) is 13.9. The predicted molar refractivity (Wildman–Crippen MR) is 87.5 cm³/mol. The van der Waals surface area contributed by atoms with E-state index < -0.39 is 5.97 Å². The average Bonchev–Trinajstić information content (AvgIpc) is 2.38. The van der Waals surface area contributed by atoms with E-state index >= 15 is 0 Å². The van der Waals surface area contributed by atoms with Crippen molar-refractivity contribution in [3.8, 4) is 0 Å². The molecule has 0 saturated heterocycles. The Morgan fingerprint density at radius 1 is 1.25 bits per heavy atom. The van der Waals surface area contributed by atoms with Gasteiger partial charge in [-0.25, -0.2) is 4.79 Å². The average molecular weight is 342 g/mol. The number of hydrogen-bond acceptors (Lipinski definition) is 2. The van der Waals surface area contributed by atoms with Crippen molar-refractivity contribution in [1.29, 1.82) is 0 Å². The molecule has 0 unspecified atom stereocenters. The van der Waals surface area contributed by atoms with Gasteiger partial charge in [0.1, 0.15) is 0 Å². The lowest BCUT2D eigenvalue weighted by Gasteiger charge is -2.09. The van der Waals surface area contributed by atoms with Gasteiger partial charge in [-0.05, 0) is 46.5 Å². The summed E-state index contributed by atoms with van der Waals surface area (Å²) in [6, 6.07) is 5.07. The number of benzene rings is 1. The Kier molecular flexibility index (Phi) is 7.67. The first kappa shape index (κ1) is 17.0. The van der Waals surface area contributed by atoms with Crippen LogP contribution in [0.2, 0.25) is 0 Å². The first-order chi connectivity index (χ1) is 9.50. The van der Waals surface area contributed by atoms with Gasteiger partial charge in [0.25, 0.3) is 0 Å². The van der Waals surface area contributed by atoms with Gasteiger partial charge in [-0.15, -0.1) is 0 Å². The van der Waals surface area contributed by atoms with Crippen molar-refractivity contribution in [1.82, 2.24) is 0 Å². The lowest BCUT2D eigenvalue weighted by Crippen LogP contribution is -2.03. The molecular formula is C16H24BrNO2. The van der Waals surface area contributed by atoms with Crippen molar-refractivity contribution >= 4 is 27.6 Å². The molecule has 0 aliphatic heterocycles. The maximum Gasteiger partial charge on any atom is 0.335 e. The van der Waals surface area contributed by atoms with E-state index in [4.69, 9.17) is 5.11 Å². The van der Waals surface area contributed by atoms with Gasteiger partial charge in [-0.1, -0.05) is 39.5 Å². The maximum atomic E-state index is 10.8. The highest BCUT2D eigenvalue weighted by atomic mass is 79.9. The normalized spacial score (nSPS) is 10.8. The zero-order chi connectivity index (χ0) is 15.0. The van der Waals surface area contributed by atoms with Crippen LogP contribution in [0.3, 0.4) is 0 Å². The molecule has 0 aromatic heterocycles. The molecule has 112 valence electrons. The van der Waals surface area contributed by atoms with E-state index in [0.717, 1.165) is 29.0 Å². The molecule has 0 saturated carbocycles. The Bertz CT molecular complexity index is 432. The summed E-state index contributed by atoms with van der Waals surface area (Å²) in [5, 5.41) is 12.2. The Morgan fingerprint density at radius 2 is 1.95 bits per heavy atom. The number of anilines is 1.